The molecule has 0 spiro atoms. The molecule has 5 nitrogen and oxygen atoms in total. The van der Waals surface area contributed by atoms with Crippen LogP contribution in [0, 0.1) is 16.7 Å². The smallest absolute Gasteiger partial charge is 0.192 e. The molecule has 0 amide bonds. The molecule has 0 bridgehead atoms. The zero-order valence-electron chi connectivity index (χ0n) is 17.5. The minimum absolute atomic E-state index is 0.00292. The SMILES string of the molecule is COC[C@@H](C[C@H]1O[C@H](C#N)C[C@@H](O[Si](C)(C)C(C)(C)C)C1(C)C)OC. The zero-order chi connectivity index (χ0) is 19.5. The van der Waals surface area contributed by atoms with Crippen LogP contribution in [-0.2, 0) is 18.6 Å². The fourth-order valence-electron chi connectivity index (χ4n) is 2.97. The fourth-order valence-corrected chi connectivity index (χ4v) is 4.43. The first-order valence-electron chi connectivity index (χ1n) is 9.13. The molecule has 4 atom stereocenters. The van der Waals surface area contributed by atoms with Gasteiger partial charge in [0.15, 0.2) is 8.32 Å². The van der Waals surface area contributed by atoms with E-state index < -0.39 is 14.4 Å². The number of nitriles is 1. The molecule has 1 fully saturated rings. The van der Waals surface area contributed by atoms with Crippen molar-refractivity contribution in [1.82, 2.24) is 0 Å². The van der Waals surface area contributed by atoms with Crippen LogP contribution in [0.25, 0.3) is 0 Å². The van der Waals surface area contributed by atoms with Crippen LogP contribution in [0.1, 0.15) is 47.5 Å². The van der Waals surface area contributed by atoms with Crippen molar-refractivity contribution >= 4 is 8.32 Å². The molecule has 1 aliphatic rings. The Hall–Kier alpha value is -0.453. The molecular weight excluding hydrogens is 334 g/mol. The predicted octanol–water partition coefficient (Wildman–Crippen LogP) is 4.14. The summed E-state index contributed by atoms with van der Waals surface area (Å²) in [4.78, 5) is 0. The van der Waals surface area contributed by atoms with Crippen LogP contribution in [0.2, 0.25) is 18.1 Å². The van der Waals surface area contributed by atoms with Gasteiger partial charge in [0.2, 0.25) is 0 Å². The molecule has 1 heterocycles. The second-order valence-electron chi connectivity index (χ2n) is 9.22. The van der Waals surface area contributed by atoms with Crippen LogP contribution in [0.5, 0.6) is 0 Å². The summed E-state index contributed by atoms with van der Waals surface area (Å²) < 4.78 is 23.6. The van der Waals surface area contributed by atoms with E-state index in [4.69, 9.17) is 18.6 Å². The van der Waals surface area contributed by atoms with Crippen LogP contribution in [-0.4, -0.2) is 53.6 Å². The van der Waals surface area contributed by atoms with E-state index in [1.807, 2.05) is 0 Å². The van der Waals surface area contributed by atoms with E-state index in [-0.39, 0.29) is 28.8 Å². The standard InChI is InChI=1S/C19H37NO4Si/c1-18(2,3)25(8,9)24-17-10-14(12-20)23-16(19(17,4)5)11-15(22-7)13-21-6/h14-17H,10-11,13H2,1-9H3/t14-,15+,16+,17+/m0/s1. The van der Waals surface area contributed by atoms with Crippen molar-refractivity contribution in [3.63, 3.8) is 0 Å². The Morgan fingerprint density at radius 3 is 2.32 bits per heavy atom. The van der Waals surface area contributed by atoms with Gasteiger partial charge in [0, 0.05) is 32.5 Å². The van der Waals surface area contributed by atoms with E-state index in [0.29, 0.717) is 19.4 Å². The lowest BCUT2D eigenvalue weighted by Gasteiger charge is -2.51. The highest BCUT2D eigenvalue weighted by molar-refractivity contribution is 6.74. The molecular formula is C19H37NO4Si. The average Bonchev–Trinajstić information content (AvgIpc) is 2.49. The monoisotopic (exact) mass is 371 g/mol. The Morgan fingerprint density at radius 2 is 1.88 bits per heavy atom. The lowest BCUT2D eigenvalue weighted by atomic mass is 9.74. The molecule has 1 rings (SSSR count). The third-order valence-corrected chi connectivity index (χ3v) is 10.5. The average molecular weight is 372 g/mol. The van der Waals surface area contributed by atoms with Crippen molar-refractivity contribution in [2.24, 2.45) is 5.41 Å². The molecule has 0 aromatic heterocycles. The summed E-state index contributed by atoms with van der Waals surface area (Å²) >= 11 is 0. The van der Waals surface area contributed by atoms with Crippen molar-refractivity contribution in [2.75, 3.05) is 20.8 Å². The van der Waals surface area contributed by atoms with Crippen molar-refractivity contribution in [1.29, 1.82) is 5.26 Å². The number of methoxy groups -OCH3 is 2. The Balaban J connectivity index is 3.03. The van der Waals surface area contributed by atoms with Gasteiger partial charge in [-0.05, 0) is 18.1 Å². The molecule has 0 N–H and O–H groups in total. The fraction of sp³-hybridized carbons (Fsp3) is 0.947. The molecule has 0 saturated carbocycles. The van der Waals surface area contributed by atoms with Gasteiger partial charge in [-0.1, -0.05) is 34.6 Å². The van der Waals surface area contributed by atoms with Gasteiger partial charge in [-0.3, -0.25) is 0 Å². The van der Waals surface area contributed by atoms with Gasteiger partial charge < -0.3 is 18.6 Å². The Morgan fingerprint density at radius 1 is 1.28 bits per heavy atom. The first-order chi connectivity index (χ1) is 11.4. The lowest BCUT2D eigenvalue weighted by molar-refractivity contribution is -0.167. The Bertz CT molecular complexity index is 467. The molecule has 25 heavy (non-hydrogen) atoms. The molecule has 1 aliphatic heterocycles. The first kappa shape index (κ1) is 22.6. The van der Waals surface area contributed by atoms with Gasteiger partial charge in [-0.15, -0.1) is 0 Å². The second kappa shape index (κ2) is 8.49. The highest BCUT2D eigenvalue weighted by Crippen LogP contribution is 2.45. The zero-order valence-corrected chi connectivity index (χ0v) is 18.5. The highest BCUT2D eigenvalue weighted by atomic mass is 28.4. The van der Waals surface area contributed by atoms with E-state index in [0.717, 1.165) is 0 Å². The van der Waals surface area contributed by atoms with Gasteiger partial charge >= 0.3 is 0 Å². The maximum absolute atomic E-state index is 9.47. The van der Waals surface area contributed by atoms with Gasteiger partial charge in [-0.2, -0.15) is 5.26 Å². The number of ether oxygens (including phenoxy) is 3. The largest absolute Gasteiger partial charge is 0.413 e. The van der Waals surface area contributed by atoms with E-state index in [2.05, 4.69) is 53.8 Å². The van der Waals surface area contributed by atoms with Crippen molar-refractivity contribution in [3.05, 3.63) is 0 Å². The number of nitrogens with zero attached hydrogens (tertiary/aromatic N) is 1. The summed E-state index contributed by atoms with van der Waals surface area (Å²) in [5.41, 5.74) is -0.201. The minimum Gasteiger partial charge on any atom is -0.413 e. The van der Waals surface area contributed by atoms with Gasteiger partial charge in [-0.25, -0.2) is 0 Å². The molecule has 6 heteroatoms. The van der Waals surface area contributed by atoms with E-state index >= 15 is 0 Å². The summed E-state index contributed by atoms with van der Waals surface area (Å²) in [7, 11) is 1.41. The molecule has 0 aromatic rings. The second-order valence-corrected chi connectivity index (χ2v) is 14.0. The minimum atomic E-state index is -1.94. The van der Waals surface area contributed by atoms with E-state index in [1.54, 1.807) is 14.2 Å². The molecule has 1 saturated heterocycles. The molecule has 0 unspecified atom stereocenters. The van der Waals surface area contributed by atoms with Crippen molar-refractivity contribution in [2.45, 2.75) is 90.0 Å². The van der Waals surface area contributed by atoms with Gasteiger partial charge in [0.05, 0.1) is 31.0 Å². The van der Waals surface area contributed by atoms with Gasteiger partial charge in [0.25, 0.3) is 0 Å². The van der Waals surface area contributed by atoms with Crippen molar-refractivity contribution < 1.29 is 18.6 Å². The topological polar surface area (TPSA) is 60.7 Å². The molecule has 0 aliphatic carbocycles. The number of hydrogen-bond acceptors (Lipinski definition) is 5. The third-order valence-electron chi connectivity index (χ3n) is 5.97. The summed E-state index contributed by atoms with van der Waals surface area (Å²) in [6.45, 7) is 16.1. The molecule has 146 valence electrons. The third kappa shape index (κ3) is 5.51. The lowest BCUT2D eigenvalue weighted by Crippen LogP contribution is -2.56. The molecule has 0 aromatic carbocycles. The predicted molar refractivity (Wildman–Crippen MR) is 102 cm³/mol. The summed E-state index contributed by atoms with van der Waals surface area (Å²) in [6.07, 6.45) is 0.701. The Kier molecular flexibility index (Phi) is 7.67. The van der Waals surface area contributed by atoms with Crippen LogP contribution in [0.3, 0.4) is 0 Å². The summed E-state index contributed by atoms with van der Waals surface area (Å²) in [5.74, 6) is 0. The first-order valence-corrected chi connectivity index (χ1v) is 12.0. The van der Waals surface area contributed by atoms with Crippen LogP contribution >= 0.6 is 0 Å². The summed E-state index contributed by atoms with van der Waals surface area (Å²) in [5, 5.41) is 9.60. The highest BCUT2D eigenvalue weighted by Gasteiger charge is 2.50. The normalized spacial score (nSPS) is 28.4. The van der Waals surface area contributed by atoms with E-state index in [9.17, 15) is 5.26 Å². The maximum Gasteiger partial charge on any atom is 0.192 e. The van der Waals surface area contributed by atoms with Crippen LogP contribution in [0.15, 0.2) is 0 Å². The van der Waals surface area contributed by atoms with Crippen LogP contribution in [0.4, 0.5) is 0 Å². The Labute approximate surface area is 155 Å². The van der Waals surface area contributed by atoms with Crippen LogP contribution < -0.4 is 0 Å². The summed E-state index contributed by atoms with van der Waals surface area (Å²) in [6, 6.07) is 2.29. The maximum atomic E-state index is 9.47. The van der Waals surface area contributed by atoms with Gasteiger partial charge in [0.1, 0.15) is 6.10 Å². The van der Waals surface area contributed by atoms with E-state index in [1.165, 1.54) is 0 Å². The number of hydrogen-bond donors (Lipinski definition) is 0. The number of rotatable bonds is 7. The van der Waals surface area contributed by atoms with Crippen molar-refractivity contribution in [3.8, 4) is 6.07 Å². The quantitative estimate of drug-likeness (QED) is 0.630. The molecule has 0 radical (unpaired) electrons.